The van der Waals surface area contributed by atoms with E-state index in [1.807, 2.05) is 44.2 Å². The number of carbonyl (C=O) groups is 1. The van der Waals surface area contributed by atoms with Gasteiger partial charge < -0.3 is 10.1 Å². The molecule has 2 aromatic carbocycles. The number of hydrogen-bond donors (Lipinski definition) is 1. The summed E-state index contributed by atoms with van der Waals surface area (Å²) >= 11 is 3.37. The molecule has 1 unspecified atom stereocenters. The maximum atomic E-state index is 13.0. The summed E-state index contributed by atoms with van der Waals surface area (Å²) in [5.41, 5.74) is 4.02. The number of methoxy groups -OCH3 is 1. The van der Waals surface area contributed by atoms with E-state index in [1.165, 1.54) is 4.31 Å². The molecule has 1 heterocycles. The van der Waals surface area contributed by atoms with E-state index in [1.54, 1.807) is 7.11 Å². The fourth-order valence-corrected chi connectivity index (χ4v) is 6.33. The number of sulfonamides is 1. The van der Waals surface area contributed by atoms with Gasteiger partial charge in [0, 0.05) is 23.5 Å². The van der Waals surface area contributed by atoms with Gasteiger partial charge in [0.2, 0.25) is 15.9 Å². The Kier molecular flexibility index (Phi) is 8.82. The zero-order valence-electron chi connectivity index (χ0n) is 20.6. The minimum atomic E-state index is -3.42. The summed E-state index contributed by atoms with van der Waals surface area (Å²) in [5.74, 6) is 0.944. The van der Waals surface area contributed by atoms with E-state index < -0.39 is 10.0 Å². The SMILES string of the molecule is COc1cc(C)c(C(C)NC(=O)C2CCN(S(=O)(=O)Cc3ccc(Br)cc3)CC2)cc1C(C)C. The van der Waals surface area contributed by atoms with E-state index in [4.69, 9.17) is 4.74 Å². The second-order valence-corrected chi connectivity index (χ2v) is 12.3. The van der Waals surface area contributed by atoms with E-state index in [0.717, 1.165) is 32.5 Å². The normalized spacial score (nSPS) is 16.4. The summed E-state index contributed by atoms with van der Waals surface area (Å²) in [7, 11) is -1.74. The molecular weight excluding hydrogens is 516 g/mol. The van der Waals surface area contributed by atoms with Gasteiger partial charge in [-0.2, -0.15) is 0 Å². The van der Waals surface area contributed by atoms with Crippen molar-refractivity contribution in [3.8, 4) is 5.75 Å². The lowest BCUT2D eigenvalue weighted by atomic mass is 9.92. The lowest BCUT2D eigenvalue weighted by molar-refractivity contribution is -0.126. The van der Waals surface area contributed by atoms with Crippen LogP contribution in [0.3, 0.4) is 0 Å². The molecule has 3 rings (SSSR count). The van der Waals surface area contributed by atoms with E-state index >= 15 is 0 Å². The average molecular weight is 552 g/mol. The Bertz CT molecular complexity index is 1110. The first-order chi connectivity index (χ1) is 16.0. The zero-order valence-corrected chi connectivity index (χ0v) is 23.0. The van der Waals surface area contributed by atoms with Crippen LogP contribution in [0.15, 0.2) is 40.9 Å². The van der Waals surface area contributed by atoms with Crippen LogP contribution < -0.4 is 10.1 Å². The number of amides is 1. The first-order valence-corrected chi connectivity index (χ1v) is 14.1. The van der Waals surface area contributed by atoms with Crippen molar-refractivity contribution in [1.29, 1.82) is 0 Å². The highest BCUT2D eigenvalue weighted by Crippen LogP contribution is 2.32. The molecule has 34 heavy (non-hydrogen) atoms. The first-order valence-electron chi connectivity index (χ1n) is 11.7. The maximum Gasteiger partial charge on any atom is 0.223 e. The van der Waals surface area contributed by atoms with Crippen LogP contribution in [0.5, 0.6) is 5.75 Å². The van der Waals surface area contributed by atoms with Crippen LogP contribution in [0.2, 0.25) is 0 Å². The van der Waals surface area contributed by atoms with E-state index in [-0.39, 0.29) is 23.6 Å². The van der Waals surface area contributed by atoms with Gasteiger partial charge in [-0.05, 0) is 79.1 Å². The number of carbonyl (C=O) groups excluding carboxylic acids is 1. The molecule has 0 spiro atoms. The van der Waals surface area contributed by atoms with Gasteiger partial charge in [-0.1, -0.05) is 41.9 Å². The third-order valence-corrected chi connectivity index (χ3v) is 8.92. The highest BCUT2D eigenvalue weighted by atomic mass is 79.9. The molecular formula is C26H35BrN2O4S. The first kappa shape index (κ1) is 26.7. The Balaban J connectivity index is 1.60. The van der Waals surface area contributed by atoms with Gasteiger partial charge in [-0.25, -0.2) is 12.7 Å². The van der Waals surface area contributed by atoms with Gasteiger partial charge in [0.1, 0.15) is 5.75 Å². The van der Waals surface area contributed by atoms with Gasteiger partial charge >= 0.3 is 0 Å². The molecule has 0 aromatic heterocycles. The van der Waals surface area contributed by atoms with Gasteiger partial charge in [-0.15, -0.1) is 0 Å². The monoisotopic (exact) mass is 550 g/mol. The van der Waals surface area contributed by atoms with Gasteiger partial charge in [0.15, 0.2) is 0 Å². The molecule has 1 amide bonds. The largest absolute Gasteiger partial charge is 0.496 e. The van der Waals surface area contributed by atoms with Crippen LogP contribution in [-0.2, 0) is 20.6 Å². The third-order valence-electron chi connectivity index (χ3n) is 6.55. The topological polar surface area (TPSA) is 75.7 Å². The van der Waals surface area contributed by atoms with Crippen LogP contribution in [0, 0.1) is 12.8 Å². The lowest BCUT2D eigenvalue weighted by Crippen LogP contribution is -2.43. The molecule has 0 saturated carbocycles. The molecule has 0 aliphatic carbocycles. The van der Waals surface area contributed by atoms with Crippen molar-refractivity contribution in [3.63, 3.8) is 0 Å². The van der Waals surface area contributed by atoms with Gasteiger partial charge in [0.25, 0.3) is 0 Å². The molecule has 1 aliphatic heterocycles. The number of nitrogens with zero attached hydrogens (tertiary/aromatic N) is 1. The Morgan fingerprint density at radius 1 is 1.12 bits per heavy atom. The van der Waals surface area contributed by atoms with Gasteiger partial charge in [-0.3, -0.25) is 4.79 Å². The highest BCUT2D eigenvalue weighted by Gasteiger charge is 2.32. The van der Waals surface area contributed by atoms with Crippen molar-refractivity contribution in [2.75, 3.05) is 20.2 Å². The predicted octanol–water partition coefficient (Wildman–Crippen LogP) is 5.31. The number of hydrogen-bond acceptors (Lipinski definition) is 4. The van der Waals surface area contributed by atoms with E-state index in [0.29, 0.717) is 31.8 Å². The average Bonchev–Trinajstić information content (AvgIpc) is 2.79. The predicted molar refractivity (Wildman–Crippen MR) is 139 cm³/mol. The zero-order chi connectivity index (χ0) is 25.0. The number of piperidine rings is 1. The smallest absolute Gasteiger partial charge is 0.223 e. The minimum Gasteiger partial charge on any atom is -0.496 e. The van der Waals surface area contributed by atoms with Gasteiger partial charge in [0.05, 0.1) is 18.9 Å². The summed E-state index contributed by atoms with van der Waals surface area (Å²) < 4.78 is 33.7. The summed E-state index contributed by atoms with van der Waals surface area (Å²) in [4.78, 5) is 13.0. The molecule has 0 radical (unpaired) electrons. The Hall–Kier alpha value is -1.90. The van der Waals surface area contributed by atoms with Crippen LogP contribution >= 0.6 is 15.9 Å². The van der Waals surface area contributed by atoms with Crippen molar-refractivity contribution in [2.45, 2.75) is 58.2 Å². The quantitative estimate of drug-likeness (QED) is 0.483. The number of ether oxygens (including phenoxy) is 1. The van der Waals surface area contributed by atoms with Crippen LogP contribution in [0.4, 0.5) is 0 Å². The summed E-state index contributed by atoms with van der Waals surface area (Å²) in [6.45, 7) is 9.00. The molecule has 1 atom stereocenters. The van der Waals surface area contributed by atoms with E-state index in [2.05, 4.69) is 41.2 Å². The summed E-state index contributed by atoms with van der Waals surface area (Å²) in [5, 5.41) is 3.16. The molecule has 8 heteroatoms. The van der Waals surface area contributed by atoms with Crippen molar-refractivity contribution in [2.24, 2.45) is 5.92 Å². The molecule has 1 saturated heterocycles. The van der Waals surface area contributed by atoms with Crippen LogP contribution in [0.1, 0.15) is 67.8 Å². The fraction of sp³-hybridized carbons (Fsp3) is 0.500. The Morgan fingerprint density at radius 3 is 2.29 bits per heavy atom. The Morgan fingerprint density at radius 2 is 1.74 bits per heavy atom. The number of aryl methyl sites for hydroxylation is 1. The van der Waals surface area contributed by atoms with Crippen molar-refractivity contribution >= 4 is 31.9 Å². The van der Waals surface area contributed by atoms with E-state index in [9.17, 15) is 13.2 Å². The molecule has 0 bridgehead atoms. The lowest BCUT2D eigenvalue weighted by Gasteiger charge is -2.31. The third kappa shape index (κ3) is 6.40. The summed E-state index contributed by atoms with van der Waals surface area (Å²) in [6, 6.07) is 11.3. The molecule has 186 valence electrons. The minimum absolute atomic E-state index is 0.0150. The maximum absolute atomic E-state index is 13.0. The Labute approximate surface area is 212 Å². The number of nitrogens with one attached hydrogen (secondary N) is 1. The summed E-state index contributed by atoms with van der Waals surface area (Å²) in [6.07, 6.45) is 1.05. The number of benzene rings is 2. The van der Waals surface area contributed by atoms with Crippen molar-refractivity contribution in [3.05, 3.63) is 63.1 Å². The van der Waals surface area contributed by atoms with Crippen molar-refractivity contribution in [1.82, 2.24) is 9.62 Å². The van der Waals surface area contributed by atoms with Crippen LogP contribution in [0.25, 0.3) is 0 Å². The second kappa shape index (κ2) is 11.2. The highest BCUT2D eigenvalue weighted by molar-refractivity contribution is 9.10. The molecule has 1 N–H and O–H groups in total. The molecule has 1 fully saturated rings. The second-order valence-electron chi connectivity index (χ2n) is 9.39. The number of rotatable bonds is 8. The fourth-order valence-electron chi connectivity index (χ4n) is 4.50. The molecule has 6 nitrogen and oxygen atoms in total. The molecule has 1 aliphatic rings. The standard InChI is InChI=1S/C26H35BrN2O4S/c1-17(2)23-15-24(18(3)14-25(23)33-5)19(4)28-26(30)21-10-12-29(13-11-21)34(31,32)16-20-6-8-22(27)9-7-20/h6-9,14-15,17,19,21H,10-13,16H2,1-5H3,(H,28,30). The molecule has 2 aromatic rings. The number of halogens is 1. The van der Waals surface area contributed by atoms with Crippen LogP contribution in [-0.4, -0.2) is 38.8 Å². The van der Waals surface area contributed by atoms with Crippen molar-refractivity contribution < 1.29 is 17.9 Å².